The molecule has 0 bridgehead atoms. The molecule has 52 heavy (non-hydrogen) atoms. The number of unbranched alkanes of at least 4 members (excludes halogenated alkanes) is 7. The van der Waals surface area contributed by atoms with Gasteiger partial charge in [-0.2, -0.15) is 13.2 Å². The molecule has 0 fully saturated rings. The first-order valence-electron chi connectivity index (χ1n) is 16.9. The van der Waals surface area contributed by atoms with Crippen molar-refractivity contribution >= 4 is 11.9 Å². The number of aliphatic hydroxyl groups is 1. The first kappa shape index (κ1) is 41.6. The van der Waals surface area contributed by atoms with Gasteiger partial charge < -0.3 is 24.1 Å². The van der Waals surface area contributed by atoms with Gasteiger partial charge in [0.15, 0.2) is 11.6 Å². The lowest BCUT2D eigenvalue weighted by molar-refractivity contribution is -0.191. The van der Waals surface area contributed by atoms with Crippen LogP contribution in [0.4, 0.5) is 26.3 Å². The Morgan fingerprint density at radius 2 is 1.21 bits per heavy atom. The van der Waals surface area contributed by atoms with Gasteiger partial charge in [-0.05, 0) is 79.6 Å². The Morgan fingerprint density at radius 3 is 1.77 bits per heavy atom. The molecule has 0 aliphatic heterocycles. The van der Waals surface area contributed by atoms with E-state index >= 15 is 17.6 Å². The average Bonchev–Trinajstić information content (AvgIpc) is 3.11. The van der Waals surface area contributed by atoms with Crippen molar-refractivity contribution in [3.63, 3.8) is 0 Å². The minimum atomic E-state index is -4.74. The zero-order valence-electron chi connectivity index (χ0n) is 28.6. The molecule has 0 amide bonds. The van der Waals surface area contributed by atoms with Crippen LogP contribution in [0.3, 0.4) is 0 Å². The van der Waals surface area contributed by atoms with Gasteiger partial charge in [-0.25, -0.2) is 22.8 Å². The van der Waals surface area contributed by atoms with Crippen LogP contribution >= 0.6 is 0 Å². The molecule has 3 rings (SSSR count). The lowest BCUT2D eigenvalue weighted by atomic mass is 10.0. The van der Waals surface area contributed by atoms with Crippen LogP contribution in [0.25, 0.3) is 11.1 Å². The van der Waals surface area contributed by atoms with Gasteiger partial charge in [0.2, 0.25) is 5.82 Å². The second-order valence-electron chi connectivity index (χ2n) is 11.8. The van der Waals surface area contributed by atoms with E-state index in [1.165, 1.54) is 12.1 Å². The third kappa shape index (κ3) is 12.8. The molecule has 3 aromatic rings. The van der Waals surface area contributed by atoms with E-state index in [0.717, 1.165) is 56.7 Å². The Balaban J connectivity index is 1.52. The van der Waals surface area contributed by atoms with Gasteiger partial charge in [0.25, 0.3) is 0 Å². The lowest BCUT2D eigenvalue weighted by Gasteiger charge is -2.21. The summed E-state index contributed by atoms with van der Waals surface area (Å²) in [7, 11) is 0. The summed E-state index contributed by atoms with van der Waals surface area (Å²) in [4.78, 5) is 22.0. The monoisotopic (exact) mass is 736 g/mol. The number of hydrogen-bond donors (Lipinski definition) is 1. The molecule has 0 saturated heterocycles. The smallest absolute Gasteiger partial charge is 0.432 e. The molecule has 3 aromatic carbocycles. The number of rotatable bonds is 23. The Kier molecular flexibility index (Phi) is 16.7. The number of carbonyl (C=O) groups is 2. The first-order chi connectivity index (χ1) is 24.9. The highest BCUT2D eigenvalue weighted by Gasteiger charge is 2.42. The van der Waals surface area contributed by atoms with E-state index in [-0.39, 0.29) is 18.6 Å². The van der Waals surface area contributed by atoms with Crippen LogP contribution in [0.15, 0.2) is 73.8 Å². The van der Waals surface area contributed by atoms with Crippen molar-refractivity contribution in [3.05, 3.63) is 108 Å². The van der Waals surface area contributed by atoms with E-state index in [4.69, 9.17) is 14.2 Å². The summed E-state index contributed by atoms with van der Waals surface area (Å²) < 4.78 is 109. The maximum absolute atomic E-state index is 15.1. The summed E-state index contributed by atoms with van der Waals surface area (Å²) in [5, 5.41) is 10.3. The summed E-state index contributed by atoms with van der Waals surface area (Å²) >= 11 is 0. The fourth-order valence-corrected chi connectivity index (χ4v) is 5.17. The van der Waals surface area contributed by atoms with Crippen LogP contribution in [-0.4, -0.2) is 36.9 Å². The second-order valence-corrected chi connectivity index (χ2v) is 11.8. The first-order valence-corrected chi connectivity index (χ1v) is 16.9. The van der Waals surface area contributed by atoms with E-state index in [0.29, 0.717) is 62.0 Å². The van der Waals surface area contributed by atoms with Gasteiger partial charge >= 0.3 is 18.0 Å². The fourth-order valence-electron chi connectivity index (χ4n) is 5.17. The van der Waals surface area contributed by atoms with Crippen molar-refractivity contribution in [3.8, 4) is 22.6 Å². The second kappa shape index (κ2) is 20.9. The molecule has 282 valence electrons. The summed E-state index contributed by atoms with van der Waals surface area (Å²) in [5.41, 5.74) is -2.07. The Morgan fingerprint density at radius 1 is 0.692 bits per heavy atom. The van der Waals surface area contributed by atoms with Gasteiger partial charge in [0, 0.05) is 17.7 Å². The topological polar surface area (TPSA) is 91.3 Å². The molecule has 0 spiro atoms. The standard InChI is InChI=1S/C39H42F6O7/c1-3-34(47)50-22-12-8-6-5-7-11-21-49-28-17-15-26(16-18-28)27-24-30(40)36(31(41)25-27)39(44,45)52-33-20-19-29(37(42)38(33)43)32(46)14-10-9-13-23-51-35(48)4-2/h3-4,15-20,24-25,32,46H,1-2,5-14,21-23H2. The summed E-state index contributed by atoms with van der Waals surface area (Å²) in [6, 6.07) is 9.00. The molecule has 1 N–H and O–H groups in total. The van der Waals surface area contributed by atoms with E-state index in [1.54, 1.807) is 12.1 Å². The maximum Gasteiger partial charge on any atom is 0.432 e. The molecular weight excluding hydrogens is 694 g/mol. The summed E-state index contributed by atoms with van der Waals surface area (Å²) in [6.45, 7) is 7.52. The number of ether oxygens (including phenoxy) is 4. The molecule has 0 aromatic heterocycles. The predicted molar refractivity (Wildman–Crippen MR) is 182 cm³/mol. The normalized spacial score (nSPS) is 11.8. The SMILES string of the molecule is C=CC(=O)OCCCCCCCCOc1ccc(-c2cc(F)c(C(F)(F)Oc3ccc(C(O)CCCCCOC(=O)C=C)c(F)c3F)c(F)c2)cc1. The molecule has 0 aliphatic carbocycles. The van der Waals surface area contributed by atoms with Gasteiger partial charge in [0.05, 0.1) is 25.9 Å². The highest BCUT2D eigenvalue weighted by atomic mass is 19.3. The average molecular weight is 737 g/mol. The van der Waals surface area contributed by atoms with E-state index < -0.39 is 64.3 Å². The zero-order valence-corrected chi connectivity index (χ0v) is 28.6. The number of benzene rings is 3. The van der Waals surface area contributed by atoms with Crippen LogP contribution in [0, 0.1) is 23.3 Å². The van der Waals surface area contributed by atoms with Crippen LogP contribution in [-0.2, 0) is 25.2 Å². The number of carbonyl (C=O) groups excluding carboxylic acids is 2. The summed E-state index contributed by atoms with van der Waals surface area (Å²) in [6.07, 6.45) is 2.58. The lowest BCUT2D eigenvalue weighted by Crippen LogP contribution is -2.26. The molecule has 0 heterocycles. The van der Waals surface area contributed by atoms with Crippen LogP contribution in [0.5, 0.6) is 11.5 Å². The number of halogens is 6. The third-order valence-electron chi connectivity index (χ3n) is 7.95. The van der Waals surface area contributed by atoms with Gasteiger partial charge in [-0.3, -0.25) is 0 Å². The Labute approximate surface area is 298 Å². The maximum atomic E-state index is 15.1. The van der Waals surface area contributed by atoms with E-state index in [1.807, 2.05) is 0 Å². The predicted octanol–water partition coefficient (Wildman–Crippen LogP) is 9.81. The van der Waals surface area contributed by atoms with Crippen molar-refractivity contribution in [1.82, 2.24) is 0 Å². The van der Waals surface area contributed by atoms with Crippen LogP contribution < -0.4 is 9.47 Å². The molecule has 0 saturated carbocycles. The van der Waals surface area contributed by atoms with Gasteiger partial charge in [-0.1, -0.05) is 57.4 Å². The van der Waals surface area contributed by atoms with E-state index in [2.05, 4.69) is 17.9 Å². The molecule has 1 atom stereocenters. The number of hydrogen-bond acceptors (Lipinski definition) is 7. The van der Waals surface area contributed by atoms with E-state index in [9.17, 15) is 23.5 Å². The highest BCUT2D eigenvalue weighted by Crippen LogP contribution is 2.39. The van der Waals surface area contributed by atoms with Crippen LogP contribution in [0.1, 0.15) is 81.4 Å². The fraction of sp³-hybridized carbons (Fsp3) is 0.385. The molecule has 0 aliphatic rings. The number of alkyl halides is 2. The van der Waals surface area contributed by atoms with Crippen molar-refractivity contribution in [2.45, 2.75) is 76.4 Å². The van der Waals surface area contributed by atoms with Gasteiger partial charge in [0.1, 0.15) is 22.9 Å². The molecule has 13 heteroatoms. The minimum Gasteiger partial charge on any atom is -0.494 e. The molecule has 0 radical (unpaired) electrons. The Hall–Kier alpha value is -4.78. The third-order valence-corrected chi connectivity index (χ3v) is 7.95. The zero-order chi connectivity index (χ0) is 38.1. The number of aliphatic hydroxyl groups excluding tert-OH is 1. The molecule has 7 nitrogen and oxygen atoms in total. The van der Waals surface area contributed by atoms with Crippen LogP contribution in [0.2, 0.25) is 0 Å². The van der Waals surface area contributed by atoms with Crippen molar-refractivity contribution in [1.29, 1.82) is 0 Å². The van der Waals surface area contributed by atoms with Gasteiger partial charge in [-0.15, -0.1) is 0 Å². The highest BCUT2D eigenvalue weighted by molar-refractivity contribution is 5.81. The minimum absolute atomic E-state index is 0.0120. The Bertz CT molecular complexity index is 1620. The van der Waals surface area contributed by atoms with Crippen molar-refractivity contribution in [2.75, 3.05) is 19.8 Å². The molecular formula is C39H42F6O7. The summed E-state index contributed by atoms with van der Waals surface area (Å²) in [5.74, 6) is -8.70. The largest absolute Gasteiger partial charge is 0.494 e. The molecule has 1 unspecified atom stereocenters. The quantitative estimate of drug-likeness (QED) is 0.0449. The van der Waals surface area contributed by atoms with Crippen molar-refractivity contribution in [2.24, 2.45) is 0 Å². The number of esters is 2. The van der Waals surface area contributed by atoms with Crippen molar-refractivity contribution < 1.29 is 60.0 Å².